The molecule has 0 radical (unpaired) electrons. The average molecular weight is 210 g/mol. The summed E-state index contributed by atoms with van der Waals surface area (Å²) in [6.45, 7) is 2.04. The van der Waals surface area contributed by atoms with Gasteiger partial charge in [-0.3, -0.25) is 4.79 Å². The predicted octanol–water partition coefficient (Wildman–Crippen LogP) is 1.39. The largest absolute Gasteiger partial charge is 0.341 e. The molecule has 3 nitrogen and oxygen atoms in total. The van der Waals surface area contributed by atoms with Gasteiger partial charge >= 0.3 is 0 Å². The lowest BCUT2D eigenvalue weighted by Gasteiger charge is -2.25. The summed E-state index contributed by atoms with van der Waals surface area (Å²) < 4.78 is 0. The Balaban J connectivity index is 1.78. The second-order valence-electron chi connectivity index (χ2n) is 5.01. The summed E-state index contributed by atoms with van der Waals surface area (Å²) in [5.74, 6) is 1.03. The molecule has 1 atom stereocenters. The van der Waals surface area contributed by atoms with Crippen LogP contribution < -0.4 is 5.32 Å². The molecular weight excluding hydrogens is 188 g/mol. The fraction of sp³-hybridized carbons (Fsp3) is 0.917. The van der Waals surface area contributed by atoms with Crippen molar-refractivity contribution in [1.82, 2.24) is 10.2 Å². The minimum atomic E-state index is 0.357. The number of hydrogen-bond donors (Lipinski definition) is 1. The van der Waals surface area contributed by atoms with E-state index >= 15 is 0 Å². The molecule has 86 valence electrons. The standard InChI is InChI=1S/C12H22N2O/c1-14(11-6-7-13-9-11)12(15)8-10-4-2-3-5-10/h10-11,13H,2-9H2,1H3/t11-/m0/s1. The number of carbonyl (C=O) groups is 1. The van der Waals surface area contributed by atoms with E-state index in [0.717, 1.165) is 25.9 Å². The molecule has 1 saturated heterocycles. The Morgan fingerprint density at radius 3 is 2.67 bits per heavy atom. The summed E-state index contributed by atoms with van der Waals surface area (Å²) in [6, 6.07) is 0.443. The van der Waals surface area contributed by atoms with Crippen LogP contribution in [-0.2, 0) is 4.79 Å². The predicted molar refractivity (Wildman–Crippen MR) is 60.6 cm³/mol. The molecule has 0 aromatic heterocycles. The molecule has 1 heterocycles. The highest BCUT2D eigenvalue weighted by Crippen LogP contribution is 2.28. The fourth-order valence-electron chi connectivity index (χ4n) is 2.78. The Morgan fingerprint density at radius 1 is 1.33 bits per heavy atom. The van der Waals surface area contributed by atoms with Gasteiger partial charge in [-0.05, 0) is 31.7 Å². The van der Waals surface area contributed by atoms with E-state index in [9.17, 15) is 4.79 Å². The number of nitrogens with one attached hydrogen (secondary N) is 1. The smallest absolute Gasteiger partial charge is 0.222 e. The molecule has 1 aliphatic heterocycles. The number of rotatable bonds is 3. The zero-order valence-corrected chi connectivity index (χ0v) is 9.67. The second kappa shape index (κ2) is 4.97. The number of hydrogen-bond acceptors (Lipinski definition) is 2. The molecule has 1 saturated carbocycles. The van der Waals surface area contributed by atoms with Crippen molar-refractivity contribution in [2.45, 2.75) is 44.6 Å². The quantitative estimate of drug-likeness (QED) is 0.763. The van der Waals surface area contributed by atoms with E-state index in [1.165, 1.54) is 25.7 Å². The molecule has 2 rings (SSSR count). The van der Waals surface area contributed by atoms with Crippen LogP contribution in [0.15, 0.2) is 0 Å². The number of amides is 1. The second-order valence-corrected chi connectivity index (χ2v) is 5.01. The molecule has 0 spiro atoms. The molecule has 0 aromatic carbocycles. The van der Waals surface area contributed by atoms with Crippen molar-refractivity contribution in [3.63, 3.8) is 0 Å². The summed E-state index contributed by atoms with van der Waals surface area (Å²) in [6.07, 6.45) is 7.09. The van der Waals surface area contributed by atoms with Crippen molar-refractivity contribution in [1.29, 1.82) is 0 Å². The van der Waals surface area contributed by atoms with E-state index in [-0.39, 0.29) is 0 Å². The topological polar surface area (TPSA) is 32.3 Å². The Hall–Kier alpha value is -0.570. The maximum atomic E-state index is 12.0. The zero-order chi connectivity index (χ0) is 10.7. The van der Waals surface area contributed by atoms with Crippen LogP contribution in [0, 0.1) is 5.92 Å². The Labute approximate surface area is 92.2 Å². The van der Waals surface area contributed by atoms with E-state index in [4.69, 9.17) is 0 Å². The van der Waals surface area contributed by atoms with Gasteiger partial charge in [0.1, 0.15) is 0 Å². The van der Waals surface area contributed by atoms with E-state index in [1.807, 2.05) is 11.9 Å². The van der Waals surface area contributed by atoms with E-state index in [2.05, 4.69) is 5.32 Å². The highest BCUT2D eigenvalue weighted by Gasteiger charge is 2.26. The third-order valence-electron chi connectivity index (χ3n) is 3.91. The normalized spacial score (nSPS) is 27.1. The average Bonchev–Trinajstić information content (AvgIpc) is 2.88. The summed E-state index contributed by atoms with van der Waals surface area (Å²) in [5, 5.41) is 3.31. The van der Waals surface area contributed by atoms with Gasteiger partial charge in [0, 0.05) is 26.1 Å². The van der Waals surface area contributed by atoms with E-state index < -0.39 is 0 Å². The van der Waals surface area contributed by atoms with E-state index in [1.54, 1.807) is 0 Å². The summed E-state index contributed by atoms with van der Waals surface area (Å²) >= 11 is 0. The Kier molecular flexibility index (Phi) is 3.62. The highest BCUT2D eigenvalue weighted by molar-refractivity contribution is 5.76. The van der Waals surface area contributed by atoms with Crippen LogP contribution in [0.5, 0.6) is 0 Å². The number of nitrogens with zero attached hydrogens (tertiary/aromatic N) is 1. The van der Waals surface area contributed by atoms with Crippen molar-refractivity contribution in [2.75, 3.05) is 20.1 Å². The number of likely N-dealkylation sites (N-methyl/N-ethyl adjacent to an activating group) is 1. The first kappa shape index (κ1) is 10.9. The van der Waals surface area contributed by atoms with Gasteiger partial charge in [-0.1, -0.05) is 12.8 Å². The lowest BCUT2D eigenvalue weighted by molar-refractivity contribution is -0.132. The van der Waals surface area contributed by atoms with Crippen molar-refractivity contribution >= 4 is 5.91 Å². The minimum Gasteiger partial charge on any atom is -0.341 e. The summed E-state index contributed by atoms with van der Waals surface area (Å²) in [5.41, 5.74) is 0. The lowest BCUT2D eigenvalue weighted by atomic mass is 10.0. The van der Waals surface area contributed by atoms with Gasteiger partial charge < -0.3 is 10.2 Å². The van der Waals surface area contributed by atoms with Crippen LogP contribution in [0.2, 0.25) is 0 Å². The Morgan fingerprint density at radius 2 is 2.07 bits per heavy atom. The maximum absolute atomic E-state index is 12.0. The molecule has 1 amide bonds. The van der Waals surface area contributed by atoms with Crippen LogP contribution in [0.4, 0.5) is 0 Å². The first-order valence-corrected chi connectivity index (χ1v) is 6.24. The number of carbonyl (C=O) groups excluding carboxylic acids is 1. The molecule has 0 unspecified atom stereocenters. The molecule has 2 fully saturated rings. The minimum absolute atomic E-state index is 0.357. The van der Waals surface area contributed by atoms with Crippen molar-refractivity contribution in [3.05, 3.63) is 0 Å². The third-order valence-corrected chi connectivity index (χ3v) is 3.91. The van der Waals surface area contributed by atoms with Crippen molar-refractivity contribution in [2.24, 2.45) is 5.92 Å². The third kappa shape index (κ3) is 2.71. The van der Waals surface area contributed by atoms with Crippen LogP contribution in [0.3, 0.4) is 0 Å². The molecule has 1 aliphatic carbocycles. The molecular formula is C12H22N2O. The van der Waals surface area contributed by atoms with Crippen LogP contribution >= 0.6 is 0 Å². The molecule has 2 aliphatic rings. The zero-order valence-electron chi connectivity index (χ0n) is 9.67. The molecule has 15 heavy (non-hydrogen) atoms. The van der Waals surface area contributed by atoms with Crippen LogP contribution in [0.1, 0.15) is 38.5 Å². The first-order valence-electron chi connectivity index (χ1n) is 6.24. The summed E-state index contributed by atoms with van der Waals surface area (Å²) in [7, 11) is 1.97. The molecule has 0 aromatic rings. The van der Waals surface area contributed by atoms with Gasteiger partial charge in [0.15, 0.2) is 0 Å². The maximum Gasteiger partial charge on any atom is 0.222 e. The monoisotopic (exact) mass is 210 g/mol. The van der Waals surface area contributed by atoms with Gasteiger partial charge in [0.05, 0.1) is 0 Å². The Bertz CT molecular complexity index is 218. The first-order chi connectivity index (χ1) is 7.27. The van der Waals surface area contributed by atoms with Gasteiger partial charge in [0.2, 0.25) is 5.91 Å². The van der Waals surface area contributed by atoms with Crippen LogP contribution in [0.25, 0.3) is 0 Å². The highest BCUT2D eigenvalue weighted by atomic mass is 16.2. The van der Waals surface area contributed by atoms with Crippen LogP contribution in [-0.4, -0.2) is 37.0 Å². The molecule has 1 N–H and O–H groups in total. The molecule has 3 heteroatoms. The summed E-state index contributed by atoms with van der Waals surface area (Å²) in [4.78, 5) is 14.0. The SMILES string of the molecule is CN(C(=O)CC1CCCC1)[C@H]1CCNC1. The molecule has 0 bridgehead atoms. The van der Waals surface area contributed by atoms with Gasteiger partial charge in [-0.25, -0.2) is 0 Å². The van der Waals surface area contributed by atoms with Crippen molar-refractivity contribution in [3.8, 4) is 0 Å². The van der Waals surface area contributed by atoms with Gasteiger partial charge in [-0.2, -0.15) is 0 Å². The van der Waals surface area contributed by atoms with Gasteiger partial charge in [0.25, 0.3) is 0 Å². The van der Waals surface area contributed by atoms with Gasteiger partial charge in [-0.15, -0.1) is 0 Å². The lowest BCUT2D eigenvalue weighted by Crippen LogP contribution is -2.38. The fourth-order valence-corrected chi connectivity index (χ4v) is 2.78. The van der Waals surface area contributed by atoms with E-state index in [0.29, 0.717) is 17.9 Å². The van der Waals surface area contributed by atoms with Crippen molar-refractivity contribution < 1.29 is 4.79 Å².